The SMILES string of the molecule is CC(CO)(CO)NCc1ccc(-c2n[nH]c3c2C(=O)c2c(NC(=O)NN4CCOCC4)cccc2-3)cc1.Cl.Cl. The fourth-order valence-corrected chi connectivity index (χ4v) is 4.43. The predicted molar refractivity (Wildman–Crippen MR) is 151 cm³/mol. The number of carbonyl (C=O) groups is 2. The van der Waals surface area contributed by atoms with E-state index in [1.54, 1.807) is 24.1 Å². The number of fused-ring (bicyclic) bond motifs is 3. The molecule has 0 saturated carbocycles. The molecule has 6 N–H and O–H groups in total. The van der Waals surface area contributed by atoms with E-state index < -0.39 is 11.6 Å². The molecule has 1 aliphatic carbocycles. The predicted octanol–water partition coefficient (Wildman–Crippen LogP) is 2.33. The van der Waals surface area contributed by atoms with E-state index in [1.807, 2.05) is 30.3 Å². The highest BCUT2D eigenvalue weighted by Crippen LogP contribution is 2.42. The van der Waals surface area contributed by atoms with E-state index in [2.05, 4.69) is 26.3 Å². The summed E-state index contributed by atoms with van der Waals surface area (Å²) in [6.07, 6.45) is 0. The number of hydrogen-bond donors (Lipinski definition) is 6. The van der Waals surface area contributed by atoms with Crippen LogP contribution in [0.3, 0.4) is 0 Å². The summed E-state index contributed by atoms with van der Waals surface area (Å²) in [7, 11) is 0. The second-order valence-corrected chi connectivity index (χ2v) is 9.47. The fraction of sp³-hybridized carbons (Fsp3) is 0.346. The normalized spacial score (nSPS) is 14.6. The summed E-state index contributed by atoms with van der Waals surface area (Å²) >= 11 is 0. The third kappa shape index (κ3) is 6.25. The van der Waals surface area contributed by atoms with E-state index in [1.165, 1.54) is 0 Å². The summed E-state index contributed by atoms with van der Waals surface area (Å²) in [5.41, 5.74) is 6.93. The number of benzene rings is 2. The smallest absolute Gasteiger partial charge is 0.333 e. The number of nitrogens with zero attached hydrogens (tertiary/aromatic N) is 2. The number of hydrogen-bond acceptors (Lipinski definition) is 8. The van der Waals surface area contributed by atoms with Gasteiger partial charge in [0, 0.05) is 30.8 Å². The zero-order valence-electron chi connectivity index (χ0n) is 21.3. The lowest BCUT2D eigenvalue weighted by atomic mass is 10.0. The van der Waals surface area contributed by atoms with E-state index in [0.29, 0.717) is 66.6 Å². The van der Waals surface area contributed by atoms with Crippen LogP contribution in [0.1, 0.15) is 28.4 Å². The first kappa shape index (κ1) is 30.5. The Morgan fingerprint density at radius 2 is 1.77 bits per heavy atom. The molecule has 0 radical (unpaired) electrons. The lowest BCUT2D eigenvalue weighted by Gasteiger charge is -2.27. The highest BCUT2D eigenvalue weighted by atomic mass is 35.5. The minimum atomic E-state index is -0.773. The Bertz CT molecular complexity index is 1310. The standard InChI is InChI=1S/C26H30N6O5.2ClH/c1-26(14-33,15-34)27-13-16-5-7-17(8-6-16)22-21-23(30-29-22)18-3-2-4-19(20(18)24(21)35)28-25(36)31-32-9-11-37-12-10-32;;/h2-8,27,33-34H,9-15H2,1H3,(H,29,30)(H2,28,31,36);2*1H. The first-order valence-corrected chi connectivity index (χ1v) is 12.2. The van der Waals surface area contributed by atoms with Crippen LogP contribution in [0.15, 0.2) is 42.5 Å². The Balaban J connectivity index is 0.00000210. The van der Waals surface area contributed by atoms with Crippen molar-refractivity contribution in [3.63, 3.8) is 0 Å². The van der Waals surface area contributed by atoms with Gasteiger partial charge in [-0.05, 0) is 18.6 Å². The summed E-state index contributed by atoms with van der Waals surface area (Å²) < 4.78 is 5.30. The van der Waals surface area contributed by atoms with Gasteiger partial charge in [0.2, 0.25) is 0 Å². The van der Waals surface area contributed by atoms with Crippen LogP contribution in [0.2, 0.25) is 0 Å². The maximum Gasteiger partial charge on any atom is 0.333 e. The van der Waals surface area contributed by atoms with Gasteiger partial charge in [-0.25, -0.2) is 9.80 Å². The van der Waals surface area contributed by atoms with Crippen LogP contribution >= 0.6 is 24.8 Å². The van der Waals surface area contributed by atoms with Crippen molar-refractivity contribution in [1.29, 1.82) is 0 Å². The largest absolute Gasteiger partial charge is 0.394 e. The number of rotatable bonds is 8. The quantitative estimate of drug-likeness (QED) is 0.186. The van der Waals surface area contributed by atoms with Crippen LogP contribution in [0, 0.1) is 0 Å². The van der Waals surface area contributed by atoms with Crippen LogP contribution in [-0.2, 0) is 11.3 Å². The second-order valence-electron chi connectivity index (χ2n) is 9.47. The number of aromatic nitrogens is 2. The van der Waals surface area contributed by atoms with Crippen LogP contribution in [0.4, 0.5) is 10.5 Å². The van der Waals surface area contributed by atoms with Crippen molar-refractivity contribution in [2.24, 2.45) is 0 Å². The fourth-order valence-electron chi connectivity index (χ4n) is 4.43. The molecule has 0 unspecified atom stereocenters. The van der Waals surface area contributed by atoms with Gasteiger partial charge >= 0.3 is 6.03 Å². The number of morpholine rings is 1. The van der Waals surface area contributed by atoms with Crippen molar-refractivity contribution in [1.82, 2.24) is 25.9 Å². The molecule has 11 nitrogen and oxygen atoms in total. The molecule has 39 heavy (non-hydrogen) atoms. The van der Waals surface area contributed by atoms with E-state index in [9.17, 15) is 19.8 Å². The Morgan fingerprint density at radius 1 is 1.08 bits per heavy atom. The molecule has 5 rings (SSSR count). The average Bonchev–Trinajstić information content (AvgIpc) is 3.48. The average molecular weight is 579 g/mol. The number of amides is 2. The highest BCUT2D eigenvalue weighted by molar-refractivity contribution is 6.26. The zero-order chi connectivity index (χ0) is 26.0. The minimum Gasteiger partial charge on any atom is -0.394 e. The van der Waals surface area contributed by atoms with Crippen molar-refractivity contribution < 1.29 is 24.5 Å². The number of H-pyrrole nitrogens is 1. The van der Waals surface area contributed by atoms with E-state index in [0.717, 1.165) is 11.1 Å². The number of halogens is 2. The van der Waals surface area contributed by atoms with Crippen molar-refractivity contribution in [3.8, 4) is 22.5 Å². The number of aromatic amines is 1. The monoisotopic (exact) mass is 578 g/mol. The van der Waals surface area contributed by atoms with Gasteiger partial charge in [0.25, 0.3) is 0 Å². The minimum absolute atomic E-state index is 0. The molecule has 13 heteroatoms. The summed E-state index contributed by atoms with van der Waals surface area (Å²) in [5.74, 6) is -0.205. The summed E-state index contributed by atoms with van der Waals surface area (Å²) in [6, 6.07) is 12.5. The molecular weight excluding hydrogens is 547 g/mol. The molecule has 0 spiro atoms. The van der Waals surface area contributed by atoms with Gasteiger partial charge in [0.05, 0.1) is 54.5 Å². The molecule has 2 heterocycles. The van der Waals surface area contributed by atoms with Gasteiger partial charge in [-0.2, -0.15) is 5.10 Å². The number of ketones is 1. The van der Waals surface area contributed by atoms with Gasteiger partial charge in [-0.3, -0.25) is 15.3 Å². The Kier molecular flexibility index (Phi) is 10.1. The Morgan fingerprint density at radius 3 is 2.44 bits per heavy atom. The molecular formula is C26H32Cl2N6O5. The molecule has 0 bridgehead atoms. The highest BCUT2D eigenvalue weighted by Gasteiger charge is 2.35. The molecule has 210 valence electrons. The first-order chi connectivity index (χ1) is 17.9. The third-order valence-corrected chi connectivity index (χ3v) is 6.72. The molecule has 0 atom stereocenters. The van der Waals surface area contributed by atoms with E-state index in [4.69, 9.17) is 4.74 Å². The van der Waals surface area contributed by atoms with Crippen LogP contribution in [0.25, 0.3) is 22.5 Å². The topological polar surface area (TPSA) is 152 Å². The lowest BCUT2D eigenvalue weighted by molar-refractivity contribution is 0.0207. The van der Waals surface area contributed by atoms with Gasteiger partial charge in [0.1, 0.15) is 5.69 Å². The Labute approximate surface area is 238 Å². The first-order valence-electron chi connectivity index (χ1n) is 12.2. The maximum absolute atomic E-state index is 13.6. The van der Waals surface area contributed by atoms with Crippen molar-refractivity contribution in [2.45, 2.75) is 19.0 Å². The van der Waals surface area contributed by atoms with Gasteiger partial charge in [0.15, 0.2) is 5.78 Å². The van der Waals surface area contributed by atoms with Gasteiger partial charge in [-0.15, -0.1) is 24.8 Å². The molecule has 1 aromatic heterocycles. The van der Waals surface area contributed by atoms with Crippen molar-refractivity contribution >= 4 is 42.3 Å². The van der Waals surface area contributed by atoms with E-state index >= 15 is 0 Å². The number of nitrogens with one attached hydrogen (secondary N) is 4. The molecule has 3 aromatic rings. The Hall–Kier alpha value is -3.03. The number of hydrazine groups is 1. The van der Waals surface area contributed by atoms with Crippen LogP contribution < -0.4 is 16.1 Å². The number of ether oxygens (including phenoxy) is 1. The number of aliphatic hydroxyl groups is 2. The number of anilines is 1. The molecule has 1 aliphatic heterocycles. The third-order valence-electron chi connectivity index (χ3n) is 6.72. The van der Waals surface area contributed by atoms with Crippen molar-refractivity contribution in [3.05, 3.63) is 59.2 Å². The lowest BCUT2D eigenvalue weighted by Crippen LogP contribution is -2.49. The number of urea groups is 1. The number of aliphatic hydroxyl groups excluding tert-OH is 2. The van der Waals surface area contributed by atoms with Crippen molar-refractivity contribution in [2.75, 3.05) is 44.8 Å². The second kappa shape index (κ2) is 12.9. The van der Waals surface area contributed by atoms with Gasteiger partial charge < -0.3 is 25.6 Å². The number of carbonyl (C=O) groups excluding carboxylic acids is 2. The molecule has 2 aliphatic rings. The molecule has 1 fully saturated rings. The van der Waals surface area contributed by atoms with E-state index in [-0.39, 0.29) is 43.8 Å². The zero-order valence-corrected chi connectivity index (χ0v) is 23.0. The maximum atomic E-state index is 13.6. The molecule has 2 aromatic carbocycles. The van der Waals surface area contributed by atoms with Crippen LogP contribution in [0.5, 0.6) is 0 Å². The van der Waals surface area contributed by atoms with Crippen LogP contribution in [-0.4, -0.2) is 82.3 Å². The summed E-state index contributed by atoms with van der Waals surface area (Å²) in [6.45, 7) is 4.12. The molecule has 2 amide bonds. The summed E-state index contributed by atoms with van der Waals surface area (Å²) in [5, 5.41) is 34.1. The molecule has 1 saturated heterocycles. The summed E-state index contributed by atoms with van der Waals surface area (Å²) in [4.78, 5) is 26.2. The van der Waals surface area contributed by atoms with Gasteiger partial charge in [-0.1, -0.05) is 36.4 Å².